The molecule has 0 spiro atoms. The SMILES string of the molecule is CCC(=O)N1CCC(Cc2cccc(-c3cccnc3)c2)(C(=O)N(C)C)CC1. The van der Waals surface area contributed by atoms with Gasteiger partial charge in [-0.3, -0.25) is 14.6 Å². The Morgan fingerprint density at radius 1 is 1.11 bits per heavy atom. The largest absolute Gasteiger partial charge is 0.348 e. The van der Waals surface area contributed by atoms with Gasteiger partial charge in [0.2, 0.25) is 11.8 Å². The molecule has 3 rings (SSSR count). The lowest BCUT2D eigenvalue weighted by molar-refractivity contribution is -0.146. The highest BCUT2D eigenvalue weighted by molar-refractivity contribution is 5.83. The summed E-state index contributed by atoms with van der Waals surface area (Å²) in [4.78, 5) is 33.0. The van der Waals surface area contributed by atoms with Crippen LogP contribution in [0, 0.1) is 5.41 Å². The number of likely N-dealkylation sites (tertiary alicyclic amines) is 1. The summed E-state index contributed by atoms with van der Waals surface area (Å²) in [5.74, 6) is 0.326. The highest BCUT2D eigenvalue weighted by Crippen LogP contribution is 2.37. The number of carbonyl (C=O) groups is 2. The maximum Gasteiger partial charge on any atom is 0.228 e. The van der Waals surface area contributed by atoms with E-state index in [4.69, 9.17) is 0 Å². The van der Waals surface area contributed by atoms with Crippen molar-refractivity contribution in [3.8, 4) is 11.1 Å². The molecule has 0 radical (unpaired) electrons. The molecular weight excluding hydrogens is 350 g/mol. The van der Waals surface area contributed by atoms with Gasteiger partial charge >= 0.3 is 0 Å². The second-order valence-corrected chi connectivity index (χ2v) is 7.83. The second-order valence-electron chi connectivity index (χ2n) is 7.83. The first-order chi connectivity index (χ1) is 13.4. The molecule has 2 heterocycles. The molecule has 2 amide bonds. The summed E-state index contributed by atoms with van der Waals surface area (Å²) in [5.41, 5.74) is 2.87. The van der Waals surface area contributed by atoms with Gasteiger partial charge in [-0.25, -0.2) is 0 Å². The Balaban J connectivity index is 1.85. The monoisotopic (exact) mass is 379 g/mol. The topological polar surface area (TPSA) is 53.5 Å². The first-order valence-electron chi connectivity index (χ1n) is 9.94. The minimum atomic E-state index is -0.457. The van der Waals surface area contributed by atoms with Gasteiger partial charge < -0.3 is 9.80 Å². The molecule has 1 aliphatic rings. The number of rotatable bonds is 5. The summed E-state index contributed by atoms with van der Waals surface area (Å²) in [5, 5.41) is 0. The van der Waals surface area contributed by atoms with E-state index in [-0.39, 0.29) is 11.8 Å². The third-order valence-electron chi connectivity index (χ3n) is 5.70. The Morgan fingerprint density at radius 2 is 1.82 bits per heavy atom. The van der Waals surface area contributed by atoms with Crippen LogP contribution in [0.5, 0.6) is 0 Å². The van der Waals surface area contributed by atoms with Gasteiger partial charge in [0, 0.05) is 46.0 Å². The number of hydrogen-bond acceptors (Lipinski definition) is 3. The van der Waals surface area contributed by atoms with Crippen LogP contribution in [0.15, 0.2) is 48.8 Å². The average molecular weight is 380 g/mol. The van der Waals surface area contributed by atoms with Crippen LogP contribution >= 0.6 is 0 Å². The maximum atomic E-state index is 13.1. The Morgan fingerprint density at radius 3 is 2.43 bits per heavy atom. The number of carbonyl (C=O) groups excluding carboxylic acids is 2. The predicted octanol–water partition coefficient (Wildman–Crippen LogP) is 3.40. The zero-order chi connectivity index (χ0) is 20.1. The molecule has 148 valence electrons. The molecule has 1 fully saturated rings. The molecule has 1 saturated heterocycles. The van der Waals surface area contributed by atoms with Crippen molar-refractivity contribution in [2.75, 3.05) is 27.2 Å². The number of aromatic nitrogens is 1. The molecule has 1 aromatic heterocycles. The van der Waals surface area contributed by atoms with E-state index in [1.54, 1.807) is 11.1 Å². The van der Waals surface area contributed by atoms with E-state index in [1.807, 2.05) is 50.3 Å². The van der Waals surface area contributed by atoms with E-state index in [0.717, 1.165) is 16.7 Å². The highest BCUT2D eigenvalue weighted by Gasteiger charge is 2.42. The molecule has 2 aromatic rings. The third kappa shape index (κ3) is 4.24. The molecule has 0 N–H and O–H groups in total. The van der Waals surface area contributed by atoms with Crippen LogP contribution in [0.2, 0.25) is 0 Å². The summed E-state index contributed by atoms with van der Waals surface area (Å²) < 4.78 is 0. The van der Waals surface area contributed by atoms with Crippen LogP contribution in [-0.2, 0) is 16.0 Å². The van der Waals surface area contributed by atoms with E-state index in [1.165, 1.54) is 0 Å². The Bertz CT molecular complexity index is 825. The van der Waals surface area contributed by atoms with Gasteiger partial charge in [-0.2, -0.15) is 0 Å². The summed E-state index contributed by atoms with van der Waals surface area (Å²) >= 11 is 0. The summed E-state index contributed by atoms with van der Waals surface area (Å²) in [7, 11) is 3.64. The Labute approximate surface area is 167 Å². The highest BCUT2D eigenvalue weighted by atomic mass is 16.2. The number of pyridine rings is 1. The lowest BCUT2D eigenvalue weighted by atomic mass is 9.72. The number of benzene rings is 1. The lowest BCUT2D eigenvalue weighted by Gasteiger charge is -2.42. The molecule has 0 atom stereocenters. The Hall–Kier alpha value is -2.69. The van der Waals surface area contributed by atoms with Crippen LogP contribution < -0.4 is 0 Å². The fourth-order valence-electron chi connectivity index (χ4n) is 4.13. The van der Waals surface area contributed by atoms with Crippen molar-refractivity contribution < 1.29 is 9.59 Å². The van der Waals surface area contributed by atoms with Crippen LogP contribution in [-0.4, -0.2) is 53.8 Å². The first kappa shape index (κ1) is 20.1. The number of hydrogen-bond donors (Lipinski definition) is 0. The number of amides is 2. The molecular formula is C23H29N3O2. The van der Waals surface area contributed by atoms with Crippen molar-refractivity contribution in [2.45, 2.75) is 32.6 Å². The van der Waals surface area contributed by atoms with Gasteiger partial charge in [0.25, 0.3) is 0 Å². The van der Waals surface area contributed by atoms with E-state index >= 15 is 0 Å². The molecule has 28 heavy (non-hydrogen) atoms. The van der Waals surface area contributed by atoms with Crippen LogP contribution in [0.4, 0.5) is 0 Å². The zero-order valence-corrected chi connectivity index (χ0v) is 17.0. The lowest BCUT2D eigenvalue weighted by Crippen LogP contribution is -2.50. The summed E-state index contributed by atoms with van der Waals surface area (Å²) in [6, 6.07) is 12.3. The van der Waals surface area contributed by atoms with E-state index in [2.05, 4.69) is 23.2 Å². The third-order valence-corrected chi connectivity index (χ3v) is 5.70. The Kier molecular flexibility index (Phi) is 6.12. The van der Waals surface area contributed by atoms with E-state index < -0.39 is 5.41 Å². The fraction of sp³-hybridized carbons (Fsp3) is 0.435. The summed E-state index contributed by atoms with van der Waals surface area (Å²) in [6.45, 7) is 3.18. The molecule has 5 nitrogen and oxygen atoms in total. The number of nitrogens with zero attached hydrogens (tertiary/aromatic N) is 3. The van der Waals surface area contributed by atoms with Gasteiger partial charge in [0.05, 0.1) is 5.41 Å². The predicted molar refractivity (Wildman–Crippen MR) is 111 cm³/mol. The first-order valence-corrected chi connectivity index (χ1v) is 9.94. The minimum Gasteiger partial charge on any atom is -0.348 e. The summed E-state index contributed by atoms with van der Waals surface area (Å²) in [6.07, 6.45) is 6.23. The number of piperidine rings is 1. The van der Waals surface area contributed by atoms with Crippen molar-refractivity contribution in [1.82, 2.24) is 14.8 Å². The van der Waals surface area contributed by atoms with E-state index in [9.17, 15) is 9.59 Å². The second kappa shape index (κ2) is 8.55. The molecule has 5 heteroatoms. The van der Waals surface area contributed by atoms with Gasteiger partial charge in [0.15, 0.2) is 0 Å². The van der Waals surface area contributed by atoms with Crippen LogP contribution in [0.25, 0.3) is 11.1 Å². The average Bonchev–Trinajstić information content (AvgIpc) is 2.74. The van der Waals surface area contributed by atoms with Gasteiger partial charge in [-0.15, -0.1) is 0 Å². The van der Waals surface area contributed by atoms with Crippen molar-refractivity contribution in [3.05, 3.63) is 54.4 Å². The molecule has 1 aliphatic heterocycles. The minimum absolute atomic E-state index is 0.155. The molecule has 0 aliphatic carbocycles. The van der Waals surface area contributed by atoms with E-state index in [0.29, 0.717) is 38.8 Å². The van der Waals surface area contributed by atoms with Crippen molar-refractivity contribution in [3.63, 3.8) is 0 Å². The maximum absolute atomic E-state index is 13.1. The van der Waals surface area contributed by atoms with Gasteiger partial charge in [-0.05, 0) is 42.0 Å². The smallest absolute Gasteiger partial charge is 0.228 e. The van der Waals surface area contributed by atoms with Gasteiger partial charge in [-0.1, -0.05) is 37.3 Å². The zero-order valence-electron chi connectivity index (χ0n) is 17.0. The molecule has 0 bridgehead atoms. The molecule has 0 saturated carbocycles. The molecule has 0 unspecified atom stereocenters. The standard InChI is InChI=1S/C23H29N3O2/c1-4-21(27)26-13-10-23(11-14-26,22(28)25(2)3)16-18-7-5-8-19(15-18)20-9-6-12-24-17-20/h5-9,12,15,17H,4,10-11,13-14,16H2,1-3H3. The van der Waals surface area contributed by atoms with Crippen LogP contribution in [0.1, 0.15) is 31.7 Å². The van der Waals surface area contributed by atoms with Crippen LogP contribution in [0.3, 0.4) is 0 Å². The van der Waals surface area contributed by atoms with Crippen molar-refractivity contribution in [2.24, 2.45) is 5.41 Å². The van der Waals surface area contributed by atoms with Gasteiger partial charge in [0.1, 0.15) is 0 Å². The fourth-order valence-corrected chi connectivity index (χ4v) is 4.13. The molecule has 1 aromatic carbocycles. The normalized spacial score (nSPS) is 15.9. The van der Waals surface area contributed by atoms with Crippen molar-refractivity contribution >= 4 is 11.8 Å². The van der Waals surface area contributed by atoms with Crippen molar-refractivity contribution in [1.29, 1.82) is 0 Å². The quantitative estimate of drug-likeness (QED) is 0.800.